The van der Waals surface area contributed by atoms with E-state index in [0.717, 1.165) is 5.56 Å². The van der Waals surface area contributed by atoms with Crippen LogP contribution in [0.4, 0.5) is 0 Å². The molecule has 0 aliphatic carbocycles. The first kappa shape index (κ1) is 11.7. The highest BCUT2D eigenvalue weighted by atomic mass is 16.1. The molecule has 1 rings (SSSR count). The summed E-state index contributed by atoms with van der Waals surface area (Å²) in [6.07, 6.45) is -0.0723. The Labute approximate surface area is 94.1 Å². The average Bonchev–Trinajstić information content (AvgIpc) is 2.34. The summed E-state index contributed by atoms with van der Waals surface area (Å²) in [5.74, 6) is -1.28. The number of amides is 1. The van der Waals surface area contributed by atoms with Gasteiger partial charge in [-0.15, -0.1) is 0 Å². The quantitative estimate of drug-likeness (QED) is 0.820. The molecule has 0 aliphatic heterocycles. The summed E-state index contributed by atoms with van der Waals surface area (Å²) in [7, 11) is 0. The smallest absolute Gasteiger partial charge is 0.238 e. The van der Waals surface area contributed by atoms with E-state index in [1.165, 1.54) is 0 Å². The first-order valence-corrected chi connectivity index (χ1v) is 4.86. The fraction of sp³-hybridized carbons (Fsp3) is 0.250. The van der Waals surface area contributed by atoms with Crippen LogP contribution >= 0.6 is 0 Å². The summed E-state index contributed by atoms with van der Waals surface area (Å²) in [6.45, 7) is 0.378. The summed E-state index contributed by atoms with van der Waals surface area (Å²) in [5, 5.41) is 19.7. The van der Waals surface area contributed by atoms with Crippen LogP contribution in [-0.4, -0.2) is 5.91 Å². The Kier molecular flexibility index (Phi) is 4.56. The summed E-state index contributed by atoms with van der Waals surface area (Å²) >= 11 is 0. The van der Waals surface area contributed by atoms with Crippen LogP contribution in [0.15, 0.2) is 30.3 Å². The lowest BCUT2D eigenvalue weighted by molar-refractivity contribution is -0.123. The van der Waals surface area contributed by atoms with Gasteiger partial charge in [-0.2, -0.15) is 10.5 Å². The Morgan fingerprint density at radius 3 is 2.56 bits per heavy atom. The monoisotopic (exact) mass is 213 g/mol. The first-order valence-electron chi connectivity index (χ1n) is 4.86. The highest BCUT2D eigenvalue weighted by molar-refractivity contribution is 5.81. The molecule has 1 amide bonds. The second-order valence-corrected chi connectivity index (χ2v) is 3.25. The number of carbonyl (C=O) groups is 1. The molecule has 4 nitrogen and oxygen atoms in total. The molecule has 0 aromatic heterocycles. The minimum atomic E-state index is -0.881. The first-order chi connectivity index (χ1) is 7.77. The maximum Gasteiger partial charge on any atom is 0.238 e. The second kappa shape index (κ2) is 6.21. The third kappa shape index (κ3) is 3.43. The van der Waals surface area contributed by atoms with E-state index in [1.807, 2.05) is 36.4 Å². The number of hydrogen-bond donors (Lipinski definition) is 1. The number of carbonyl (C=O) groups excluding carboxylic acids is 1. The van der Waals surface area contributed by atoms with Gasteiger partial charge in [0.05, 0.1) is 18.6 Å². The highest BCUT2D eigenvalue weighted by Gasteiger charge is 2.16. The van der Waals surface area contributed by atoms with Gasteiger partial charge >= 0.3 is 0 Å². The molecule has 0 saturated carbocycles. The zero-order valence-corrected chi connectivity index (χ0v) is 8.68. The molecule has 0 spiro atoms. The molecule has 0 heterocycles. The molecule has 1 unspecified atom stereocenters. The Morgan fingerprint density at radius 2 is 2.00 bits per heavy atom. The van der Waals surface area contributed by atoms with Crippen molar-refractivity contribution in [3.8, 4) is 12.1 Å². The van der Waals surface area contributed by atoms with E-state index in [1.54, 1.807) is 6.07 Å². The maximum atomic E-state index is 11.5. The highest BCUT2D eigenvalue weighted by Crippen LogP contribution is 2.02. The van der Waals surface area contributed by atoms with Crippen LogP contribution in [0.3, 0.4) is 0 Å². The van der Waals surface area contributed by atoms with Gasteiger partial charge in [0.25, 0.3) is 0 Å². The summed E-state index contributed by atoms with van der Waals surface area (Å²) in [5.41, 5.74) is 0.962. The molecule has 16 heavy (non-hydrogen) atoms. The number of rotatable bonds is 4. The van der Waals surface area contributed by atoms with E-state index < -0.39 is 11.8 Å². The predicted molar refractivity (Wildman–Crippen MR) is 57.6 cm³/mol. The molecule has 1 aromatic rings. The summed E-state index contributed by atoms with van der Waals surface area (Å²) in [4.78, 5) is 11.5. The van der Waals surface area contributed by atoms with Crippen molar-refractivity contribution in [3.05, 3.63) is 35.9 Å². The zero-order chi connectivity index (χ0) is 11.8. The second-order valence-electron chi connectivity index (χ2n) is 3.25. The summed E-state index contributed by atoms with van der Waals surface area (Å²) in [6, 6.07) is 13.0. The van der Waals surface area contributed by atoms with E-state index in [4.69, 9.17) is 10.5 Å². The normalized spacial score (nSPS) is 10.9. The molecular weight excluding hydrogens is 202 g/mol. The largest absolute Gasteiger partial charge is 0.351 e. The zero-order valence-electron chi connectivity index (χ0n) is 8.68. The van der Waals surface area contributed by atoms with Crippen molar-refractivity contribution in [2.75, 3.05) is 0 Å². The molecule has 0 bridgehead atoms. The van der Waals surface area contributed by atoms with Crippen LogP contribution in [0.5, 0.6) is 0 Å². The fourth-order valence-corrected chi connectivity index (χ4v) is 1.20. The minimum Gasteiger partial charge on any atom is -0.351 e. The van der Waals surface area contributed by atoms with Crippen molar-refractivity contribution in [2.24, 2.45) is 5.92 Å². The Balaban J connectivity index is 2.47. The lowest BCUT2D eigenvalue weighted by Gasteiger charge is -2.07. The van der Waals surface area contributed by atoms with Gasteiger partial charge in [0, 0.05) is 6.54 Å². The van der Waals surface area contributed by atoms with Gasteiger partial charge in [0.2, 0.25) is 5.91 Å². The van der Waals surface area contributed by atoms with Gasteiger partial charge in [-0.1, -0.05) is 30.3 Å². The van der Waals surface area contributed by atoms with Gasteiger partial charge in [-0.25, -0.2) is 0 Å². The topological polar surface area (TPSA) is 76.7 Å². The van der Waals surface area contributed by atoms with Crippen molar-refractivity contribution in [1.29, 1.82) is 10.5 Å². The molecule has 0 fully saturated rings. The Hall–Kier alpha value is -2.33. The fourth-order valence-electron chi connectivity index (χ4n) is 1.20. The van der Waals surface area contributed by atoms with Gasteiger partial charge in [0.15, 0.2) is 0 Å². The van der Waals surface area contributed by atoms with Gasteiger partial charge in [-0.3, -0.25) is 4.79 Å². The molecule has 0 saturated heterocycles. The maximum absolute atomic E-state index is 11.5. The van der Waals surface area contributed by atoms with Crippen LogP contribution in [0.1, 0.15) is 12.0 Å². The van der Waals surface area contributed by atoms with E-state index >= 15 is 0 Å². The van der Waals surface area contributed by atoms with Gasteiger partial charge in [0.1, 0.15) is 5.92 Å². The SMILES string of the molecule is N#CCC(C#N)C(=O)NCc1ccccc1. The number of hydrogen-bond acceptors (Lipinski definition) is 3. The lowest BCUT2D eigenvalue weighted by atomic mass is 10.1. The minimum absolute atomic E-state index is 0.0723. The van der Waals surface area contributed by atoms with E-state index in [0.29, 0.717) is 6.54 Å². The van der Waals surface area contributed by atoms with Crippen molar-refractivity contribution >= 4 is 5.91 Å². The standard InChI is InChI=1S/C12H11N3O/c13-7-6-11(8-14)12(16)15-9-10-4-2-1-3-5-10/h1-5,11H,6,9H2,(H,15,16). The van der Waals surface area contributed by atoms with Crippen LogP contribution in [0.2, 0.25) is 0 Å². The third-order valence-corrected chi connectivity index (χ3v) is 2.08. The van der Waals surface area contributed by atoms with Crippen LogP contribution in [0, 0.1) is 28.6 Å². The van der Waals surface area contributed by atoms with Crippen molar-refractivity contribution in [3.63, 3.8) is 0 Å². The number of nitrogens with one attached hydrogen (secondary N) is 1. The molecule has 1 N–H and O–H groups in total. The predicted octanol–water partition coefficient (Wildman–Crippen LogP) is 1.36. The molecule has 80 valence electrons. The molecule has 1 atom stereocenters. The van der Waals surface area contributed by atoms with Gasteiger partial charge < -0.3 is 5.32 Å². The Morgan fingerprint density at radius 1 is 1.31 bits per heavy atom. The van der Waals surface area contributed by atoms with Crippen LogP contribution < -0.4 is 5.32 Å². The van der Waals surface area contributed by atoms with E-state index in [2.05, 4.69) is 5.32 Å². The molecule has 0 aliphatic rings. The Bertz CT molecular complexity index is 428. The van der Waals surface area contributed by atoms with Crippen LogP contribution in [-0.2, 0) is 11.3 Å². The van der Waals surface area contributed by atoms with E-state index in [9.17, 15) is 4.79 Å². The summed E-state index contributed by atoms with van der Waals surface area (Å²) < 4.78 is 0. The average molecular weight is 213 g/mol. The molecule has 1 aromatic carbocycles. The molecular formula is C12H11N3O. The number of nitriles is 2. The molecule has 0 radical (unpaired) electrons. The number of nitrogens with zero attached hydrogens (tertiary/aromatic N) is 2. The van der Waals surface area contributed by atoms with Crippen molar-refractivity contribution in [2.45, 2.75) is 13.0 Å². The van der Waals surface area contributed by atoms with Crippen molar-refractivity contribution in [1.82, 2.24) is 5.32 Å². The number of benzene rings is 1. The van der Waals surface area contributed by atoms with Crippen LogP contribution in [0.25, 0.3) is 0 Å². The third-order valence-electron chi connectivity index (χ3n) is 2.08. The van der Waals surface area contributed by atoms with E-state index in [-0.39, 0.29) is 6.42 Å². The van der Waals surface area contributed by atoms with Crippen molar-refractivity contribution < 1.29 is 4.79 Å². The molecule has 4 heteroatoms. The lowest BCUT2D eigenvalue weighted by Crippen LogP contribution is -2.29. The van der Waals surface area contributed by atoms with Gasteiger partial charge in [-0.05, 0) is 5.56 Å².